The van der Waals surface area contributed by atoms with E-state index in [0.29, 0.717) is 19.0 Å². The summed E-state index contributed by atoms with van der Waals surface area (Å²) in [6, 6.07) is 6.06. The van der Waals surface area contributed by atoms with Crippen molar-refractivity contribution in [2.24, 2.45) is 5.92 Å². The minimum absolute atomic E-state index is 0.243. The smallest absolute Gasteiger partial charge is 0.218 e. The molecule has 0 unspecified atom stereocenters. The summed E-state index contributed by atoms with van der Waals surface area (Å²) < 4.78 is 39.8. The molecule has 1 aliphatic rings. The molecule has 0 aliphatic carbocycles. The van der Waals surface area contributed by atoms with Crippen molar-refractivity contribution in [2.45, 2.75) is 25.5 Å². The molecule has 1 N–H and O–H groups in total. The fourth-order valence-corrected chi connectivity index (χ4v) is 4.22. The van der Waals surface area contributed by atoms with Crippen molar-refractivity contribution in [1.29, 1.82) is 0 Å². The van der Waals surface area contributed by atoms with E-state index < -0.39 is 15.8 Å². The molecule has 0 bridgehead atoms. The highest BCUT2D eigenvalue weighted by Gasteiger charge is 2.28. The van der Waals surface area contributed by atoms with Crippen LogP contribution >= 0.6 is 0 Å². The van der Waals surface area contributed by atoms with Gasteiger partial charge in [-0.1, -0.05) is 25.1 Å². The summed E-state index contributed by atoms with van der Waals surface area (Å²) in [5.41, 5.74) is 0.243. The van der Waals surface area contributed by atoms with Crippen LogP contribution in [0.3, 0.4) is 0 Å². The number of nitrogens with zero attached hydrogens (tertiary/aromatic N) is 1. The van der Waals surface area contributed by atoms with E-state index >= 15 is 0 Å². The van der Waals surface area contributed by atoms with Gasteiger partial charge in [0.25, 0.3) is 0 Å². The number of rotatable bonds is 6. The molecule has 4 nitrogen and oxygen atoms in total. The SMILES string of the molecule is CCNCC1CCN(S(=O)(=O)Cc2ccccc2F)CC1. The molecule has 6 heteroatoms. The van der Waals surface area contributed by atoms with Gasteiger partial charge in [-0.05, 0) is 37.9 Å². The molecule has 1 fully saturated rings. The van der Waals surface area contributed by atoms with Crippen molar-refractivity contribution in [3.8, 4) is 0 Å². The van der Waals surface area contributed by atoms with Gasteiger partial charge in [-0.15, -0.1) is 0 Å². The Balaban J connectivity index is 1.94. The van der Waals surface area contributed by atoms with Crippen molar-refractivity contribution in [2.75, 3.05) is 26.2 Å². The van der Waals surface area contributed by atoms with Crippen LogP contribution in [0.4, 0.5) is 4.39 Å². The van der Waals surface area contributed by atoms with Gasteiger partial charge in [-0.3, -0.25) is 0 Å². The maximum atomic E-state index is 13.6. The van der Waals surface area contributed by atoms with Crippen LogP contribution in [0, 0.1) is 11.7 Å². The second kappa shape index (κ2) is 7.33. The second-order valence-electron chi connectivity index (χ2n) is 5.50. The molecule has 1 aromatic rings. The fourth-order valence-electron chi connectivity index (χ4n) is 2.64. The Morgan fingerprint density at radius 1 is 1.29 bits per heavy atom. The Kier molecular flexibility index (Phi) is 5.72. The van der Waals surface area contributed by atoms with Crippen molar-refractivity contribution in [3.05, 3.63) is 35.6 Å². The summed E-state index contributed by atoms with van der Waals surface area (Å²) in [6.45, 7) is 5.01. The minimum atomic E-state index is -3.43. The Labute approximate surface area is 126 Å². The summed E-state index contributed by atoms with van der Waals surface area (Å²) in [5, 5.41) is 3.30. The van der Waals surface area contributed by atoms with Gasteiger partial charge in [0.2, 0.25) is 10.0 Å². The first kappa shape index (κ1) is 16.4. The van der Waals surface area contributed by atoms with Crippen molar-refractivity contribution >= 4 is 10.0 Å². The second-order valence-corrected chi connectivity index (χ2v) is 7.47. The summed E-state index contributed by atoms with van der Waals surface area (Å²) in [4.78, 5) is 0. The van der Waals surface area contributed by atoms with Gasteiger partial charge in [-0.25, -0.2) is 17.1 Å². The molecule has 2 rings (SSSR count). The van der Waals surface area contributed by atoms with Crippen molar-refractivity contribution < 1.29 is 12.8 Å². The van der Waals surface area contributed by atoms with E-state index in [1.807, 2.05) is 0 Å². The Hall–Kier alpha value is -0.980. The van der Waals surface area contributed by atoms with Crippen LogP contribution in [-0.2, 0) is 15.8 Å². The largest absolute Gasteiger partial charge is 0.317 e. The van der Waals surface area contributed by atoms with E-state index in [1.165, 1.54) is 16.4 Å². The molecule has 1 heterocycles. The summed E-state index contributed by atoms with van der Waals surface area (Å²) in [7, 11) is -3.43. The average molecular weight is 314 g/mol. The molecule has 1 aliphatic heterocycles. The standard InChI is InChI=1S/C15H23FN2O2S/c1-2-17-11-13-7-9-18(10-8-13)21(19,20)12-14-5-3-4-6-15(14)16/h3-6,13,17H,2,7-12H2,1H3. The van der Waals surface area contributed by atoms with Crippen LogP contribution < -0.4 is 5.32 Å². The molecule has 1 aromatic carbocycles. The van der Waals surface area contributed by atoms with Crippen molar-refractivity contribution in [3.63, 3.8) is 0 Å². The number of piperidine rings is 1. The van der Waals surface area contributed by atoms with E-state index in [1.54, 1.807) is 12.1 Å². The normalized spacial score (nSPS) is 18.0. The van der Waals surface area contributed by atoms with Gasteiger partial charge in [0, 0.05) is 18.7 Å². The molecular weight excluding hydrogens is 291 g/mol. The lowest BCUT2D eigenvalue weighted by Gasteiger charge is -2.31. The predicted molar refractivity (Wildman–Crippen MR) is 81.9 cm³/mol. The third kappa shape index (κ3) is 4.49. The molecule has 21 heavy (non-hydrogen) atoms. The quantitative estimate of drug-likeness (QED) is 0.873. The molecule has 0 aromatic heterocycles. The summed E-state index contributed by atoms with van der Waals surface area (Å²) >= 11 is 0. The Morgan fingerprint density at radius 2 is 1.95 bits per heavy atom. The predicted octanol–water partition coefficient (Wildman–Crippen LogP) is 1.98. The maximum absolute atomic E-state index is 13.6. The maximum Gasteiger partial charge on any atom is 0.218 e. The number of sulfonamides is 1. The number of benzene rings is 1. The molecule has 1 saturated heterocycles. The molecule has 0 atom stereocenters. The van der Waals surface area contributed by atoms with E-state index in [4.69, 9.17) is 0 Å². The van der Waals surface area contributed by atoms with Gasteiger partial charge in [0.05, 0.1) is 5.75 Å². The highest BCUT2D eigenvalue weighted by molar-refractivity contribution is 7.88. The molecule has 0 spiro atoms. The molecule has 118 valence electrons. The van der Waals surface area contributed by atoms with Crippen LogP contribution in [0.15, 0.2) is 24.3 Å². The van der Waals surface area contributed by atoms with E-state index in [-0.39, 0.29) is 11.3 Å². The zero-order chi connectivity index (χ0) is 15.3. The monoisotopic (exact) mass is 314 g/mol. The van der Waals surface area contributed by atoms with Gasteiger partial charge >= 0.3 is 0 Å². The number of halogens is 1. The highest BCUT2D eigenvalue weighted by Crippen LogP contribution is 2.21. The number of hydrogen-bond acceptors (Lipinski definition) is 3. The zero-order valence-electron chi connectivity index (χ0n) is 12.4. The van der Waals surface area contributed by atoms with Gasteiger partial charge < -0.3 is 5.32 Å². The van der Waals surface area contributed by atoms with Gasteiger partial charge in [0.1, 0.15) is 5.82 Å². The first-order valence-electron chi connectivity index (χ1n) is 7.45. The highest BCUT2D eigenvalue weighted by atomic mass is 32.2. The first-order chi connectivity index (χ1) is 10.0. The van der Waals surface area contributed by atoms with Gasteiger partial charge in [0.15, 0.2) is 0 Å². The summed E-state index contributed by atoms with van der Waals surface area (Å²) in [6.07, 6.45) is 1.73. The molecule has 0 amide bonds. The molecule has 0 saturated carbocycles. The van der Waals surface area contributed by atoms with E-state index in [0.717, 1.165) is 25.9 Å². The number of hydrogen-bond donors (Lipinski definition) is 1. The number of nitrogens with one attached hydrogen (secondary N) is 1. The zero-order valence-corrected chi connectivity index (χ0v) is 13.2. The third-order valence-electron chi connectivity index (χ3n) is 3.95. The average Bonchev–Trinajstić information content (AvgIpc) is 2.48. The first-order valence-corrected chi connectivity index (χ1v) is 9.06. The fraction of sp³-hybridized carbons (Fsp3) is 0.600. The Morgan fingerprint density at radius 3 is 2.57 bits per heavy atom. The lowest BCUT2D eigenvalue weighted by molar-refractivity contribution is 0.268. The van der Waals surface area contributed by atoms with Crippen LogP contribution in [-0.4, -0.2) is 38.9 Å². The Bertz CT molecular complexity index is 555. The van der Waals surface area contributed by atoms with Crippen LogP contribution in [0.2, 0.25) is 0 Å². The van der Waals surface area contributed by atoms with Crippen LogP contribution in [0.5, 0.6) is 0 Å². The lowest BCUT2D eigenvalue weighted by atomic mass is 9.98. The van der Waals surface area contributed by atoms with Gasteiger partial charge in [-0.2, -0.15) is 0 Å². The topological polar surface area (TPSA) is 49.4 Å². The van der Waals surface area contributed by atoms with Crippen molar-refractivity contribution in [1.82, 2.24) is 9.62 Å². The van der Waals surface area contributed by atoms with E-state index in [2.05, 4.69) is 12.2 Å². The van der Waals surface area contributed by atoms with E-state index in [9.17, 15) is 12.8 Å². The third-order valence-corrected chi connectivity index (χ3v) is 5.77. The van der Waals surface area contributed by atoms with Crippen LogP contribution in [0.25, 0.3) is 0 Å². The molecular formula is C15H23FN2O2S. The lowest BCUT2D eigenvalue weighted by Crippen LogP contribution is -2.41. The van der Waals surface area contributed by atoms with Crippen LogP contribution in [0.1, 0.15) is 25.3 Å². The minimum Gasteiger partial charge on any atom is -0.317 e. The molecule has 0 radical (unpaired) electrons. The summed E-state index contributed by atoms with van der Waals surface area (Å²) in [5.74, 6) is -0.176.